The molecule has 0 aliphatic heterocycles. The molecule has 0 aliphatic carbocycles. The van der Waals surface area contributed by atoms with Gasteiger partial charge in [0.1, 0.15) is 6.33 Å². The molecule has 5 heteroatoms. The topological polar surface area (TPSA) is 43.6 Å². The van der Waals surface area contributed by atoms with Crippen LogP contribution in [0.2, 0.25) is 0 Å². The van der Waals surface area contributed by atoms with E-state index >= 15 is 0 Å². The number of hydrogen-bond donors (Lipinski definition) is 0. The summed E-state index contributed by atoms with van der Waals surface area (Å²) in [5.41, 5.74) is 0. The van der Waals surface area contributed by atoms with Gasteiger partial charge in [-0.15, -0.1) is 0 Å². The first-order valence-electron chi connectivity index (χ1n) is 3.33. The first-order chi connectivity index (χ1) is 5.88. The van der Waals surface area contributed by atoms with Gasteiger partial charge in [-0.25, -0.2) is 14.6 Å². The van der Waals surface area contributed by atoms with Gasteiger partial charge in [0, 0.05) is 18.6 Å². The molecule has 2 aromatic heterocycles. The normalized spacial score (nSPS) is 10.1. The monoisotopic (exact) mass is 224 g/mol. The first-order valence-corrected chi connectivity index (χ1v) is 4.13. The first kappa shape index (κ1) is 7.42. The molecule has 2 rings (SSSR count). The van der Waals surface area contributed by atoms with E-state index in [1.54, 1.807) is 17.1 Å². The molecular weight excluding hydrogens is 220 g/mol. The lowest BCUT2D eigenvalue weighted by Gasteiger charge is -2.00. The molecular formula is C7H5BrN4. The highest BCUT2D eigenvalue weighted by molar-refractivity contribution is 9.10. The minimum atomic E-state index is 0.745. The van der Waals surface area contributed by atoms with Crippen molar-refractivity contribution in [2.24, 2.45) is 0 Å². The Hall–Kier alpha value is -1.23. The van der Waals surface area contributed by atoms with Gasteiger partial charge >= 0.3 is 0 Å². The Morgan fingerprint density at radius 1 is 1.42 bits per heavy atom. The van der Waals surface area contributed by atoms with Gasteiger partial charge < -0.3 is 0 Å². The Bertz CT molecular complexity index is 371. The van der Waals surface area contributed by atoms with Crippen LogP contribution in [0.4, 0.5) is 0 Å². The highest BCUT2D eigenvalue weighted by Crippen LogP contribution is 2.14. The van der Waals surface area contributed by atoms with Gasteiger partial charge in [-0.1, -0.05) is 0 Å². The van der Waals surface area contributed by atoms with E-state index in [1.807, 2.05) is 12.3 Å². The third-order valence-electron chi connectivity index (χ3n) is 1.37. The van der Waals surface area contributed by atoms with Crippen molar-refractivity contribution in [3.05, 3.63) is 35.5 Å². The summed E-state index contributed by atoms with van der Waals surface area (Å²) >= 11 is 3.33. The minimum absolute atomic E-state index is 0.745. The summed E-state index contributed by atoms with van der Waals surface area (Å²) in [5.74, 6) is 0.745. The molecule has 0 aliphatic rings. The van der Waals surface area contributed by atoms with E-state index in [0.29, 0.717) is 0 Å². The quantitative estimate of drug-likeness (QED) is 0.737. The van der Waals surface area contributed by atoms with Crippen LogP contribution in [-0.2, 0) is 0 Å². The van der Waals surface area contributed by atoms with Crippen LogP contribution in [0.3, 0.4) is 0 Å². The van der Waals surface area contributed by atoms with Gasteiger partial charge in [-0.2, -0.15) is 5.10 Å². The van der Waals surface area contributed by atoms with Crippen molar-refractivity contribution in [2.45, 2.75) is 0 Å². The predicted octanol–water partition coefficient (Wildman–Crippen LogP) is 1.42. The zero-order valence-electron chi connectivity index (χ0n) is 6.05. The SMILES string of the molecule is Brc1cncnc1-n1cccn1. The fourth-order valence-electron chi connectivity index (χ4n) is 0.869. The van der Waals surface area contributed by atoms with Crippen LogP contribution in [0, 0.1) is 0 Å². The fourth-order valence-corrected chi connectivity index (χ4v) is 1.27. The maximum absolute atomic E-state index is 4.06. The predicted molar refractivity (Wildman–Crippen MR) is 46.9 cm³/mol. The second-order valence-corrected chi connectivity index (χ2v) is 3.00. The van der Waals surface area contributed by atoms with Gasteiger partial charge in [0.25, 0.3) is 0 Å². The Balaban J connectivity index is 2.55. The number of rotatable bonds is 1. The van der Waals surface area contributed by atoms with Crippen LogP contribution >= 0.6 is 15.9 Å². The number of aromatic nitrogens is 4. The third kappa shape index (κ3) is 1.23. The maximum Gasteiger partial charge on any atom is 0.170 e. The summed E-state index contributed by atoms with van der Waals surface area (Å²) in [4.78, 5) is 7.92. The van der Waals surface area contributed by atoms with Crippen molar-refractivity contribution in [1.82, 2.24) is 19.7 Å². The van der Waals surface area contributed by atoms with Crippen LogP contribution in [0.1, 0.15) is 0 Å². The van der Waals surface area contributed by atoms with Crippen LogP contribution in [-0.4, -0.2) is 19.7 Å². The average molecular weight is 225 g/mol. The highest BCUT2D eigenvalue weighted by Gasteiger charge is 2.01. The maximum atomic E-state index is 4.06. The molecule has 0 amide bonds. The molecule has 0 radical (unpaired) electrons. The van der Waals surface area contributed by atoms with E-state index in [-0.39, 0.29) is 0 Å². The van der Waals surface area contributed by atoms with Gasteiger partial charge in [-0.3, -0.25) is 0 Å². The molecule has 0 bridgehead atoms. The van der Waals surface area contributed by atoms with Crippen LogP contribution in [0.15, 0.2) is 35.5 Å². The van der Waals surface area contributed by atoms with E-state index in [9.17, 15) is 0 Å². The molecule has 0 fully saturated rings. The molecule has 4 nitrogen and oxygen atoms in total. The van der Waals surface area contributed by atoms with Crippen molar-refractivity contribution >= 4 is 15.9 Å². The van der Waals surface area contributed by atoms with Gasteiger partial charge in [0.05, 0.1) is 4.47 Å². The summed E-state index contributed by atoms with van der Waals surface area (Å²) in [6.45, 7) is 0. The Morgan fingerprint density at radius 3 is 3.00 bits per heavy atom. The lowest BCUT2D eigenvalue weighted by atomic mass is 10.6. The third-order valence-corrected chi connectivity index (χ3v) is 1.93. The Kier molecular flexibility index (Phi) is 1.87. The van der Waals surface area contributed by atoms with Crippen molar-refractivity contribution in [1.29, 1.82) is 0 Å². The van der Waals surface area contributed by atoms with Crippen LogP contribution in [0.25, 0.3) is 5.82 Å². The number of nitrogens with zero attached hydrogens (tertiary/aromatic N) is 4. The molecule has 2 heterocycles. The molecule has 0 unspecified atom stereocenters. The van der Waals surface area contributed by atoms with Crippen molar-refractivity contribution in [2.75, 3.05) is 0 Å². The lowest BCUT2D eigenvalue weighted by Crippen LogP contribution is -1.98. The largest absolute Gasteiger partial charge is 0.243 e. The molecule has 0 atom stereocenters. The van der Waals surface area contributed by atoms with Gasteiger partial charge in [-0.05, 0) is 22.0 Å². The molecule has 2 aromatic rings. The highest BCUT2D eigenvalue weighted by atomic mass is 79.9. The van der Waals surface area contributed by atoms with Gasteiger partial charge in [0.2, 0.25) is 0 Å². The van der Waals surface area contributed by atoms with Crippen LogP contribution < -0.4 is 0 Å². The summed E-state index contributed by atoms with van der Waals surface area (Å²) in [5, 5.41) is 4.04. The number of hydrogen-bond acceptors (Lipinski definition) is 3. The molecule has 0 saturated carbocycles. The second-order valence-electron chi connectivity index (χ2n) is 2.14. The molecule has 60 valence electrons. The van der Waals surface area contributed by atoms with E-state index in [1.165, 1.54) is 6.33 Å². The van der Waals surface area contributed by atoms with Gasteiger partial charge in [0.15, 0.2) is 5.82 Å². The summed E-state index contributed by atoms with van der Waals surface area (Å²) < 4.78 is 2.50. The van der Waals surface area contributed by atoms with E-state index in [0.717, 1.165) is 10.3 Å². The number of halogens is 1. The summed E-state index contributed by atoms with van der Waals surface area (Å²) in [7, 11) is 0. The van der Waals surface area contributed by atoms with Crippen LogP contribution in [0.5, 0.6) is 0 Å². The molecule has 0 saturated heterocycles. The van der Waals surface area contributed by atoms with E-state index in [2.05, 4.69) is 31.0 Å². The molecule has 0 aromatic carbocycles. The standard InChI is InChI=1S/C7H5BrN4/c8-6-4-9-5-10-7(6)12-3-1-2-11-12/h1-5H. The summed E-state index contributed by atoms with van der Waals surface area (Å²) in [6.07, 6.45) is 6.70. The smallest absolute Gasteiger partial charge is 0.170 e. The fraction of sp³-hybridized carbons (Fsp3) is 0. The van der Waals surface area contributed by atoms with E-state index < -0.39 is 0 Å². The molecule has 0 N–H and O–H groups in total. The average Bonchev–Trinajstić information content (AvgIpc) is 2.57. The Morgan fingerprint density at radius 2 is 2.33 bits per heavy atom. The lowest BCUT2D eigenvalue weighted by molar-refractivity contribution is 0.833. The second kappa shape index (κ2) is 3.02. The van der Waals surface area contributed by atoms with Crippen molar-refractivity contribution in [3.63, 3.8) is 0 Å². The van der Waals surface area contributed by atoms with Crippen molar-refractivity contribution < 1.29 is 0 Å². The van der Waals surface area contributed by atoms with Crippen molar-refractivity contribution in [3.8, 4) is 5.82 Å². The molecule has 0 spiro atoms. The zero-order valence-corrected chi connectivity index (χ0v) is 7.64. The molecule has 12 heavy (non-hydrogen) atoms. The summed E-state index contributed by atoms with van der Waals surface area (Å²) in [6, 6.07) is 1.84. The van der Waals surface area contributed by atoms with E-state index in [4.69, 9.17) is 0 Å². The zero-order chi connectivity index (χ0) is 8.39. The minimum Gasteiger partial charge on any atom is -0.243 e. The Labute approximate surface area is 77.4 Å².